The summed E-state index contributed by atoms with van der Waals surface area (Å²) in [6.07, 6.45) is 9.51. The third-order valence-electron chi connectivity index (χ3n) is 3.18. The fourth-order valence-corrected chi connectivity index (χ4v) is 2.44. The molecular weight excluding hydrogens is 204 g/mol. The highest BCUT2D eigenvalue weighted by atomic mass is 14.1. The topological polar surface area (TPSA) is 0 Å². The van der Waals surface area contributed by atoms with Gasteiger partial charge in [0, 0.05) is 0 Å². The molecule has 0 saturated carbocycles. The van der Waals surface area contributed by atoms with Crippen molar-refractivity contribution in [2.24, 2.45) is 0 Å². The average Bonchev–Trinajstić information content (AvgIpc) is 2.27. The molecule has 0 spiro atoms. The zero-order valence-corrected chi connectivity index (χ0v) is 11.8. The molecule has 0 heterocycles. The molecule has 0 bridgehead atoms. The van der Waals surface area contributed by atoms with Gasteiger partial charge in [0.05, 0.1) is 0 Å². The molecule has 0 nitrogen and oxygen atoms in total. The van der Waals surface area contributed by atoms with Gasteiger partial charge in [0.2, 0.25) is 0 Å². The quantitative estimate of drug-likeness (QED) is 0.562. The molecule has 0 N–H and O–H groups in total. The van der Waals surface area contributed by atoms with E-state index in [1.807, 2.05) is 0 Å². The predicted octanol–water partition coefficient (Wildman–Crippen LogP) is 5.54. The molecule has 0 heteroatoms. The third-order valence-corrected chi connectivity index (χ3v) is 3.18. The Hall–Kier alpha value is -1.04. The van der Waals surface area contributed by atoms with Crippen molar-refractivity contribution >= 4 is 0 Å². The lowest BCUT2D eigenvalue weighted by Crippen LogP contribution is -1.98. The van der Waals surface area contributed by atoms with Gasteiger partial charge in [-0.25, -0.2) is 0 Å². The van der Waals surface area contributed by atoms with Gasteiger partial charge in [0.1, 0.15) is 0 Å². The summed E-state index contributed by atoms with van der Waals surface area (Å²) in [6.45, 7) is 8.87. The molecule has 0 amide bonds. The van der Waals surface area contributed by atoms with Crippen LogP contribution >= 0.6 is 0 Å². The van der Waals surface area contributed by atoms with Gasteiger partial charge in [-0.3, -0.25) is 0 Å². The van der Waals surface area contributed by atoms with Gasteiger partial charge in [-0.2, -0.15) is 0 Å². The molecule has 0 aliphatic heterocycles. The van der Waals surface area contributed by atoms with E-state index in [9.17, 15) is 0 Å². The van der Waals surface area contributed by atoms with E-state index in [2.05, 4.69) is 58.0 Å². The highest BCUT2D eigenvalue weighted by Gasteiger charge is 2.09. The van der Waals surface area contributed by atoms with Gasteiger partial charge in [-0.15, -0.1) is 0 Å². The summed E-state index contributed by atoms with van der Waals surface area (Å²) in [5.74, 6) is 0.696. The first-order valence-corrected chi connectivity index (χ1v) is 6.90. The van der Waals surface area contributed by atoms with Gasteiger partial charge in [-0.1, -0.05) is 61.7 Å². The van der Waals surface area contributed by atoms with Crippen molar-refractivity contribution < 1.29 is 0 Å². The van der Waals surface area contributed by atoms with Crippen LogP contribution in [0.25, 0.3) is 0 Å². The SMILES string of the molecule is CC/C=C\CC(CCC)c1cc(C)cc(C)c1. The number of benzene rings is 1. The van der Waals surface area contributed by atoms with Crippen LogP contribution in [-0.2, 0) is 0 Å². The third kappa shape index (κ3) is 4.77. The first-order valence-electron chi connectivity index (χ1n) is 6.90. The lowest BCUT2D eigenvalue weighted by atomic mass is 9.89. The van der Waals surface area contributed by atoms with Crippen LogP contribution < -0.4 is 0 Å². The Balaban J connectivity index is 2.84. The van der Waals surface area contributed by atoms with Crippen LogP contribution in [0.5, 0.6) is 0 Å². The predicted molar refractivity (Wildman–Crippen MR) is 77.6 cm³/mol. The van der Waals surface area contributed by atoms with Gasteiger partial charge in [0.15, 0.2) is 0 Å². The Bertz CT molecular complexity index is 340. The number of hydrogen-bond acceptors (Lipinski definition) is 0. The first-order chi connectivity index (χ1) is 8.17. The standard InChI is InChI=1S/C17H26/c1-5-7-8-10-16(9-6-2)17-12-14(3)11-15(4)13-17/h7-8,11-13,16H,5-6,9-10H2,1-4H3/b8-7-. The Morgan fingerprint density at radius 1 is 1.00 bits per heavy atom. The Morgan fingerprint density at radius 3 is 2.18 bits per heavy atom. The van der Waals surface area contributed by atoms with Crippen molar-refractivity contribution in [2.45, 2.75) is 59.3 Å². The van der Waals surface area contributed by atoms with E-state index in [4.69, 9.17) is 0 Å². The second-order valence-corrected chi connectivity index (χ2v) is 5.02. The molecule has 0 radical (unpaired) electrons. The fraction of sp³-hybridized carbons (Fsp3) is 0.529. The maximum absolute atomic E-state index is 2.35. The second kappa shape index (κ2) is 7.32. The largest absolute Gasteiger partial charge is 0.0888 e. The number of rotatable bonds is 6. The van der Waals surface area contributed by atoms with Crippen LogP contribution in [0.1, 0.15) is 62.1 Å². The van der Waals surface area contributed by atoms with Crippen molar-refractivity contribution in [1.82, 2.24) is 0 Å². The van der Waals surface area contributed by atoms with Crippen molar-refractivity contribution in [3.8, 4) is 0 Å². The molecular formula is C17H26. The van der Waals surface area contributed by atoms with Crippen molar-refractivity contribution in [1.29, 1.82) is 0 Å². The van der Waals surface area contributed by atoms with E-state index >= 15 is 0 Å². The van der Waals surface area contributed by atoms with Crippen molar-refractivity contribution in [2.75, 3.05) is 0 Å². The van der Waals surface area contributed by atoms with E-state index in [0.717, 1.165) is 6.42 Å². The number of aryl methyl sites for hydroxylation is 2. The van der Waals surface area contributed by atoms with Crippen LogP contribution in [0.3, 0.4) is 0 Å². The molecule has 0 aliphatic rings. The number of allylic oxidation sites excluding steroid dienone is 2. The highest BCUT2D eigenvalue weighted by molar-refractivity contribution is 5.31. The monoisotopic (exact) mass is 230 g/mol. The van der Waals surface area contributed by atoms with E-state index in [1.54, 1.807) is 0 Å². The Labute approximate surface area is 107 Å². The van der Waals surface area contributed by atoms with Crippen LogP contribution in [0, 0.1) is 13.8 Å². The first kappa shape index (κ1) is 14.0. The Morgan fingerprint density at radius 2 is 1.65 bits per heavy atom. The van der Waals surface area contributed by atoms with Crippen LogP contribution in [0.2, 0.25) is 0 Å². The molecule has 94 valence electrons. The van der Waals surface area contributed by atoms with Crippen LogP contribution in [-0.4, -0.2) is 0 Å². The summed E-state index contributed by atoms with van der Waals surface area (Å²) in [5, 5.41) is 0. The molecule has 1 atom stereocenters. The van der Waals surface area contributed by atoms with Gasteiger partial charge in [0.25, 0.3) is 0 Å². The zero-order chi connectivity index (χ0) is 12.7. The van der Waals surface area contributed by atoms with Gasteiger partial charge in [-0.05, 0) is 44.6 Å². The minimum atomic E-state index is 0.696. The van der Waals surface area contributed by atoms with E-state index in [0.29, 0.717) is 5.92 Å². The van der Waals surface area contributed by atoms with Crippen LogP contribution in [0.4, 0.5) is 0 Å². The molecule has 1 aromatic carbocycles. The van der Waals surface area contributed by atoms with Gasteiger partial charge < -0.3 is 0 Å². The summed E-state index contributed by atoms with van der Waals surface area (Å²) in [7, 11) is 0. The summed E-state index contributed by atoms with van der Waals surface area (Å²) in [4.78, 5) is 0. The molecule has 0 aromatic heterocycles. The second-order valence-electron chi connectivity index (χ2n) is 5.02. The highest BCUT2D eigenvalue weighted by Crippen LogP contribution is 2.27. The maximum atomic E-state index is 2.35. The van der Waals surface area contributed by atoms with Gasteiger partial charge >= 0.3 is 0 Å². The van der Waals surface area contributed by atoms with E-state index in [1.165, 1.54) is 36.0 Å². The number of hydrogen-bond donors (Lipinski definition) is 0. The summed E-state index contributed by atoms with van der Waals surface area (Å²) in [6, 6.07) is 6.97. The van der Waals surface area contributed by atoms with Crippen molar-refractivity contribution in [3.63, 3.8) is 0 Å². The van der Waals surface area contributed by atoms with Crippen molar-refractivity contribution in [3.05, 3.63) is 47.0 Å². The normalized spacial score (nSPS) is 13.2. The lowest BCUT2D eigenvalue weighted by molar-refractivity contribution is 0.619. The zero-order valence-electron chi connectivity index (χ0n) is 11.8. The maximum Gasteiger partial charge on any atom is -0.0127 e. The molecule has 17 heavy (non-hydrogen) atoms. The fourth-order valence-electron chi connectivity index (χ4n) is 2.44. The summed E-state index contributed by atoms with van der Waals surface area (Å²) >= 11 is 0. The molecule has 1 unspecified atom stereocenters. The molecule has 1 rings (SSSR count). The van der Waals surface area contributed by atoms with E-state index in [-0.39, 0.29) is 0 Å². The molecule has 0 aliphatic carbocycles. The summed E-state index contributed by atoms with van der Waals surface area (Å²) < 4.78 is 0. The smallest absolute Gasteiger partial charge is 0.0127 e. The van der Waals surface area contributed by atoms with Crippen LogP contribution in [0.15, 0.2) is 30.4 Å². The molecule has 1 aromatic rings. The van der Waals surface area contributed by atoms with E-state index < -0.39 is 0 Å². The minimum Gasteiger partial charge on any atom is -0.0888 e. The minimum absolute atomic E-state index is 0.696. The Kier molecular flexibility index (Phi) is 6.04. The molecule has 0 fully saturated rings. The molecule has 0 saturated heterocycles. The summed E-state index contributed by atoms with van der Waals surface area (Å²) in [5.41, 5.74) is 4.30. The lowest BCUT2D eigenvalue weighted by Gasteiger charge is -2.16. The average molecular weight is 230 g/mol.